The highest BCUT2D eigenvalue weighted by Gasteiger charge is 2.27. The van der Waals surface area contributed by atoms with Crippen LogP contribution in [0.15, 0.2) is 32.0 Å². The van der Waals surface area contributed by atoms with Crippen LogP contribution in [-0.2, 0) is 10.0 Å². The van der Waals surface area contributed by atoms with Crippen LogP contribution in [0, 0.1) is 11.8 Å². The van der Waals surface area contributed by atoms with Crippen LogP contribution in [0.1, 0.15) is 25.7 Å². The molecule has 0 saturated heterocycles. The molecule has 7 heteroatoms. The number of halogens is 2. The smallest absolute Gasteiger partial charge is 0.241 e. The normalized spacial score (nSPS) is 23.2. The summed E-state index contributed by atoms with van der Waals surface area (Å²) in [5.41, 5.74) is 0. The minimum Gasteiger partial charge on any atom is -0.396 e. The van der Waals surface area contributed by atoms with Crippen LogP contribution in [0.4, 0.5) is 0 Å². The summed E-state index contributed by atoms with van der Waals surface area (Å²) < 4.78 is 28.8. The Bertz CT molecular complexity index is 592. The molecule has 0 aromatic heterocycles. The van der Waals surface area contributed by atoms with Crippen LogP contribution in [0.3, 0.4) is 0 Å². The number of aliphatic hydroxyl groups excluding tert-OH is 1. The molecule has 0 amide bonds. The molecule has 0 aliphatic heterocycles. The average molecular weight is 441 g/mol. The van der Waals surface area contributed by atoms with Crippen LogP contribution in [-0.4, -0.2) is 26.7 Å². The second kappa shape index (κ2) is 7.55. The van der Waals surface area contributed by atoms with Crippen LogP contribution in [0.25, 0.3) is 0 Å². The molecule has 2 N–H and O–H groups in total. The van der Waals surface area contributed by atoms with E-state index in [0.717, 1.165) is 30.2 Å². The number of hydrogen-bond acceptors (Lipinski definition) is 3. The lowest BCUT2D eigenvalue weighted by Crippen LogP contribution is -2.35. The van der Waals surface area contributed by atoms with Gasteiger partial charge in [0, 0.05) is 22.1 Å². The van der Waals surface area contributed by atoms with E-state index in [1.807, 2.05) is 0 Å². The average Bonchev–Trinajstić information content (AvgIpc) is 2.48. The molecule has 1 fully saturated rings. The molecule has 1 saturated carbocycles. The molecule has 0 bridgehead atoms. The Morgan fingerprint density at radius 1 is 1.19 bits per heavy atom. The third-order valence-corrected chi connectivity index (χ3v) is 6.93. The predicted molar refractivity (Wildman–Crippen MR) is 89.6 cm³/mol. The molecule has 0 spiro atoms. The summed E-state index contributed by atoms with van der Waals surface area (Å²) in [5, 5.41) is 9.40. The summed E-state index contributed by atoms with van der Waals surface area (Å²) in [7, 11) is -3.55. The van der Waals surface area contributed by atoms with E-state index in [1.54, 1.807) is 18.2 Å². The molecule has 1 aromatic rings. The van der Waals surface area contributed by atoms with Gasteiger partial charge in [-0.25, -0.2) is 13.1 Å². The van der Waals surface area contributed by atoms with E-state index in [1.165, 1.54) is 0 Å². The van der Waals surface area contributed by atoms with Gasteiger partial charge in [-0.3, -0.25) is 0 Å². The zero-order valence-electron chi connectivity index (χ0n) is 11.6. The van der Waals surface area contributed by atoms with Gasteiger partial charge in [-0.1, -0.05) is 28.8 Å². The fraction of sp³-hybridized carbons (Fsp3) is 0.571. The molecular formula is C14H19Br2NO3S. The molecule has 2 unspecified atom stereocenters. The van der Waals surface area contributed by atoms with Gasteiger partial charge in [0.25, 0.3) is 0 Å². The van der Waals surface area contributed by atoms with Gasteiger partial charge >= 0.3 is 0 Å². The van der Waals surface area contributed by atoms with Crippen molar-refractivity contribution in [3.8, 4) is 0 Å². The lowest BCUT2D eigenvalue weighted by Gasteiger charge is -2.30. The summed E-state index contributed by atoms with van der Waals surface area (Å²) in [6.45, 7) is 0.513. The Hall–Kier alpha value is 0.0500. The van der Waals surface area contributed by atoms with Gasteiger partial charge in [0.15, 0.2) is 0 Å². The van der Waals surface area contributed by atoms with Crippen LogP contribution in [0.2, 0.25) is 0 Å². The second-order valence-electron chi connectivity index (χ2n) is 5.41. The van der Waals surface area contributed by atoms with Crippen LogP contribution >= 0.6 is 31.9 Å². The predicted octanol–water partition coefficient (Wildman–Crippen LogP) is 3.29. The Morgan fingerprint density at radius 2 is 1.86 bits per heavy atom. The molecule has 1 aliphatic rings. The van der Waals surface area contributed by atoms with Gasteiger partial charge in [-0.05, 0) is 58.8 Å². The molecule has 0 radical (unpaired) electrons. The van der Waals surface area contributed by atoms with Crippen molar-refractivity contribution in [3.63, 3.8) is 0 Å². The van der Waals surface area contributed by atoms with Gasteiger partial charge in [-0.2, -0.15) is 0 Å². The summed E-state index contributed by atoms with van der Waals surface area (Å²) in [6, 6.07) is 5.07. The van der Waals surface area contributed by atoms with E-state index in [2.05, 4.69) is 36.6 Å². The molecule has 118 valence electrons. The number of nitrogens with one attached hydrogen (secondary N) is 1. The van der Waals surface area contributed by atoms with Crippen molar-refractivity contribution in [2.75, 3.05) is 13.2 Å². The number of aliphatic hydroxyl groups is 1. The first kappa shape index (κ1) is 17.4. The maximum absolute atomic E-state index is 12.4. The molecule has 2 rings (SSSR count). The highest BCUT2D eigenvalue weighted by atomic mass is 79.9. The minimum atomic E-state index is -3.55. The molecule has 21 heavy (non-hydrogen) atoms. The Labute approximate surface area is 142 Å². The van der Waals surface area contributed by atoms with Crippen molar-refractivity contribution in [1.82, 2.24) is 4.72 Å². The van der Waals surface area contributed by atoms with E-state index in [0.29, 0.717) is 11.0 Å². The quantitative estimate of drug-likeness (QED) is 0.738. The van der Waals surface area contributed by atoms with E-state index in [9.17, 15) is 13.5 Å². The van der Waals surface area contributed by atoms with E-state index in [-0.39, 0.29) is 23.3 Å². The van der Waals surface area contributed by atoms with Crippen LogP contribution in [0.5, 0.6) is 0 Å². The van der Waals surface area contributed by atoms with E-state index < -0.39 is 10.0 Å². The first-order valence-corrected chi connectivity index (χ1v) is 10.1. The molecule has 0 heterocycles. The fourth-order valence-electron chi connectivity index (χ4n) is 2.77. The van der Waals surface area contributed by atoms with Crippen molar-refractivity contribution >= 4 is 41.9 Å². The number of benzene rings is 1. The van der Waals surface area contributed by atoms with Gasteiger partial charge < -0.3 is 5.11 Å². The minimum absolute atomic E-state index is 0.132. The number of rotatable bonds is 5. The monoisotopic (exact) mass is 439 g/mol. The summed E-state index contributed by atoms with van der Waals surface area (Å²) in [6.07, 6.45) is 4.16. The summed E-state index contributed by atoms with van der Waals surface area (Å²) in [5.74, 6) is 0.414. The highest BCUT2D eigenvalue weighted by Crippen LogP contribution is 2.30. The molecule has 1 aliphatic carbocycles. The standard InChI is InChI=1S/C14H19Br2NO3S/c15-12-5-6-13(16)14(7-12)21(19,20)17-8-10-3-1-2-4-11(10)9-18/h5-7,10-11,17-18H,1-4,8-9H2. The SMILES string of the molecule is O=S(=O)(NCC1CCCCC1CO)c1cc(Br)ccc1Br. The van der Waals surface area contributed by atoms with Crippen molar-refractivity contribution in [2.24, 2.45) is 11.8 Å². The third kappa shape index (κ3) is 4.51. The van der Waals surface area contributed by atoms with Gasteiger partial charge in [0.1, 0.15) is 0 Å². The lowest BCUT2D eigenvalue weighted by atomic mass is 9.80. The fourth-order valence-corrected chi connectivity index (χ4v) is 5.37. The van der Waals surface area contributed by atoms with Crippen LogP contribution < -0.4 is 4.72 Å². The van der Waals surface area contributed by atoms with Crippen molar-refractivity contribution < 1.29 is 13.5 Å². The zero-order chi connectivity index (χ0) is 15.5. The lowest BCUT2D eigenvalue weighted by molar-refractivity contribution is 0.136. The molecule has 1 aromatic carbocycles. The Kier molecular flexibility index (Phi) is 6.25. The number of sulfonamides is 1. The first-order chi connectivity index (χ1) is 9.94. The molecule has 4 nitrogen and oxygen atoms in total. The molecular weight excluding hydrogens is 422 g/mol. The van der Waals surface area contributed by atoms with Gasteiger partial charge in [0.2, 0.25) is 10.0 Å². The number of hydrogen-bond donors (Lipinski definition) is 2. The van der Waals surface area contributed by atoms with Gasteiger partial charge in [0.05, 0.1) is 4.90 Å². The Balaban J connectivity index is 2.09. The maximum atomic E-state index is 12.4. The second-order valence-corrected chi connectivity index (χ2v) is 8.92. The van der Waals surface area contributed by atoms with E-state index >= 15 is 0 Å². The summed E-state index contributed by atoms with van der Waals surface area (Å²) >= 11 is 6.57. The first-order valence-electron chi connectivity index (χ1n) is 6.99. The van der Waals surface area contributed by atoms with Gasteiger partial charge in [-0.15, -0.1) is 0 Å². The zero-order valence-corrected chi connectivity index (χ0v) is 15.5. The largest absolute Gasteiger partial charge is 0.396 e. The highest BCUT2D eigenvalue weighted by molar-refractivity contribution is 9.11. The Morgan fingerprint density at radius 3 is 2.52 bits per heavy atom. The third-order valence-electron chi connectivity index (χ3n) is 4.02. The summed E-state index contributed by atoms with van der Waals surface area (Å²) in [4.78, 5) is 0.230. The van der Waals surface area contributed by atoms with E-state index in [4.69, 9.17) is 0 Å². The topological polar surface area (TPSA) is 66.4 Å². The van der Waals surface area contributed by atoms with Crippen molar-refractivity contribution in [2.45, 2.75) is 30.6 Å². The van der Waals surface area contributed by atoms with Crippen molar-refractivity contribution in [3.05, 3.63) is 27.1 Å². The molecule has 2 atom stereocenters. The maximum Gasteiger partial charge on any atom is 0.241 e. The van der Waals surface area contributed by atoms with Crippen molar-refractivity contribution in [1.29, 1.82) is 0 Å².